The molecule has 0 spiro atoms. The third-order valence-electron chi connectivity index (χ3n) is 1.71. The Hall–Kier alpha value is -0.410. The van der Waals surface area contributed by atoms with E-state index in [9.17, 15) is 4.57 Å². The second kappa shape index (κ2) is 4.11. The van der Waals surface area contributed by atoms with E-state index in [1.807, 2.05) is 22.6 Å². The topological polar surface area (TPSA) is 110 Å². The normalized spacial score (nSPS) is 11.9. The standard InChI is InChI=1S/C7H6IN2O4PS/c8-6-5(10-7(9)16-6)3-1-2-4(14-3)15(11,12)13/h1-2H,(H2,9,10)(H2,11,12,13). The number of aromatic nitrogens is 1. The maximum absolute atomic E-state index is 10.9. The van der Waals surface area contributed by atoms with Crippen LogP contribution < -0.4 is 11.2 Å². The van der Waals surface area contributed by atoms with Crippen molar-refractivity contribution in [3.8, 4) is 11.5 Å². The highest BCUT2D eigenvalue weighted by Crippen LogP contribution is 2.37. The Balaban J connectivity index is 2.47. The predicted molar refractivity (Wildman–Crippen MR) is 68.6 cm³/mol. The highest BCUT2D eigenvalue weighted by atomic mass is 127. The molecule has 6 nitrogen and oxygen atoms in total. The quantitative estimate of drug-likeness (QED) is 0.543. The highest BCUT2D eigenvalue weighted by molar-refractivity contribution is 14.1. The van der Waals surface area contributed by atoms with Crippen molar-refractivity contribution in [3.05, 3.63) is 15.0 Å². The Morgan fingerprint density at radius 3 is 2.62 bits per heavy atom. The molecule has 0 aliphatic rings. The second-order valence-corrected chi connectivity index (χ2v) is 7.23. The van der Waals surface area contributed by atoms with Gasteiger partial charge in [-0.15, -0.1) is 0 Å². The first-order chi connectivity index (χ1) is 7.38. The lowest BCUT2D eigenvalue weighted by Gasteiger charge is -1.97. The van der Waals surface area contributed by atoms with E-state index in [0.717, 1.165) is 2.88 Å². The molecule has 0 unspecified atom stereocenters. The van der Waals surface area contributed by atoms with Crippen molar-refractivity contribution in [1.82, 2.24) is 4.98 Å². The summed E-state index contributed by atoms with van der Waals surface area (Å²) < 4.78 is 16.8. The molecular formula is C7H6IN2O4PS. The van der Waals surface area contributed by atoms with Gasteiger partial charge in [0.1, 0.15) is 5.69 Å². The van der Waals surface area contributed by atoms with E-state index in [1.54, 1.807) is 0 Å². The van der Waals surface area contributed by atoms with Gasteiger partial charge in [0, 0.05) is 0 Å². The van der Waals surface area contributed by atoms with E-state index in [-0.39, 0.29) is 5.50 Å². The van der Waals surface area contributed by atoms with E-state index < -0.39 is 7.60 Å². The number of nitrogens with zero attached hydrogens (tertiary/aromatic N) is 1. The first kappa shape index (κ1) is 12.1. The van der Waals surface area contributed by atoms with E-state index >= 15 is 0 Å². The first-order valence-electron chi connectivity index (χ1n) is 3.96. The molecule has 2 aromatic heterocycles. The lowest BCUT2D eigenvalue weighted by Crippen LogP contribution is -1.98. The Bertz CT molecular complexity index is 575. The summed E-state index contributed by atoms with van der Waals surface area (Å²) in [5.74, 6) is 0.302. The van der Waals surface area contributed by atoms with Crippen molar-refractivity contribution in [2.75, 3.05) is 5.73 Å². The Morgan fingerprint density at radius 2 is 2.19 bits per heavy atom. The number of thiazole rings is 1. The monoisotopic (exact) mass is 372 g/mol. The maximum Gasteiger partial charge on any atom is 0.391 e. The predicted octanol–water partition coefficient (Wildman–Crippen LogP) is 1.39. The smallest absolute Gasteiger partial charge is 0.391 e. The number of hydrogen-bond donors (Lipinski definition) is 3. The van der Waals surface area contributed by atoms with E-state index in [2.05, 4.69) is 4.98 Å². The van der Waals surface area contributed by atoms with Crippen LogP contribution in [0.4, 0.5) is 5.13 Å². The molecule has 86 valence electrons. The molecule has 2 rings (SSSR count). The molecule has 2 heterocycles. The molecule has 0 aliphatic carbocycles. The number of anilines is 1. The molecule has 0 radical (unpaired) electrons. The lowest BCUT2D eigenvalue weighted by atomic mass is 10.4. The average molecular weight is 372 g/mol. The number of rotatable bonds is 2. The Morgan fingerprint density at radius 1 is 1.50 bits per heavy atom. The highest BCUT2D eigenvalue weighted by Gasteiger charge is 2.23. The number of nitrogen functional groups attached to an aromatic ring is 1. The van der Waals surface area contributed by atoms with E-state index in [1.165, 1.54) is 23.5 Å². The summed E-state index contributed by atoms with van der Waals surface area (Å²) in [7, 11) is -4.35. The van der Waals surface area contributed by atoms with Gasteiger partial charge in [0.15, 0.2) is 10.9 Å². The molecular weight excluding hydrogens is 366 g/mol. The van der Waals surface area contributed by atoms with Crippen molar-refractivity contribution in [2.45, 2.75) is 0 Å². The van der Waals surface area contributed by atoms with Crippen molar-refractivity contribution in [2.24, 2.45) is 0 Å². The molecule has 0 saturated carbocycles. The van der Waals surface area contributed by atoms with Gasteiger partial charge in [-0.3, -0.25) is 4.57 Å². The molecule has 4 N–H and O–H groups in total. The van der Waals surface area contributed by atoms with Crippen molar-refractivity contribution >= 4 is 52.2 Å². The third-order valence-corrected chi connectivity index (χ3v) is 4.37. The summed E-state index contributed by atoms with van der Waals surface area (Å²) in [6, 6.07) is 2.70. The number of halogens is 1. The number of hydrogen-bond acceptors (Lipinski definition) is 5. The van der Waals surface area contributed by atoms with Crippen LogP contribution in [-0.4, -0.2) is 14.8 Å². The van der Waals surface area contributed by atoms with E-state index in [0.29, 0.717) is 16.6 Å². The second-order valence-electron chi connectivity index (χ2n) is 2.86. The van der Waals surface area contributed by atoms with Crippen molar-refractivity contribution < 1.29 is 18.8 Å². The van der Waals surface area contributed by atoms with E-state index in [4.69, 9.17) is 19.9 Å². The van der Waals surface area contributed by atoms with Crippen LogP contribution in [0.2, 0.25) is 0 Å². The molecule has 9 heteroatoms. The summed E-state index contributed by atoms with van der Waals surface area (Å²) in [5.41, 5.74) is 5.65. The van der Waals surface area contributed by atoms with Crippen LogP contribution in [0, 0.1) is 2.88 Å². The first-order valence-corrected chi connectivity index (χ1v) is 7.47. The van der Waals surface area contributed by atoms with Gasteiger partial charge >= 0.3 is 7.60 Å². The molecule has 0 aromatic carbocycles. The third kappa shape index (κ3) is 2.30. The molecule has 0 fully saturated rings. The zero-order chi connectivity index (χ0) is 11.9. The van der Waals surface area contributed by atoms with Gasteiger partial charge in [-0.1, -0.05) is 11.3 Å². The fraction of sp³-hybridized carbons (Fsp3) is 0. The zero-order valence-corrected chi connectivity index (χ0v) is 11.5. The summed E-state index contributed by atoms with van der Waals surface area (Å²) in [4.78, 5) is 21.8. The minimum atomic E-state index is -4.35. The largest absolute Gasteiger partial charge is 0.446 e. The lowest BCUT2D eigenvalue weighted by molar-refractivity contribution is 0.377. The Labute approximate surface area is 108 Å². The molecule has 16 heavy (non-hydrogen) atoms. The minimum absolute atomic E-state index is 0.302. The minimum Gasteiger partial charge on any atom is -0.446 e. The van der Waals surface area contributed by atoms with Gasteiger partial charge in [0.2, 0.25) is 5.50 Å². The van der Waals surface area contributed by atoms with Gasteiger partial charge in [0.05, 0.1) is 2.88 Å². The van der Waals surface area contributed by atoms with Crippen LogP contribution in [0.25, 0.3) is 11.5 Å². The molecule has 0 bridgehead atoms. The molecule has 0 atom stereocenters. The zero-order valence-electron chi connectivity index (χ0n) is 7.62. The van der Waals surface area contributed by atoms with Gasteiger partial charge in [-0.2, -0.15) is 0 Å². The van der Waals surface area contributed by atoms with Crippen LogP contribution in [0.1, 0.15) is 0 Å². The van der Waals surface area contributed by atoms with Crippen LogP contribution >= 0.6 is 41.5 Å². The maximum atomic E-state index is 10.9. The summed E-state index contributed by atoms with van der Waals surface area (Å²) >= 11 is 3.32. The van der Waals surface area contributed by atoms with Crippen LogP contribution in [0.3, 0.4) is 0 Å². The van der Waals surface area contributed by atoms with Gasteiger partial charge in [0.25, 0.3) is 0 Å². The molecule has 0 saturated heterocycles. The van der Waals surface area contributed by atoms with Crippen molar-refractivity contribution in [3.63, 3.8) is 0 Å². The van der Waals surface area contributed by atoms with Gasteiger partial charge in [-0.05, 0) is 34.7 Å². The van der Waals surface area contributed by atoms with Gasteiger partial charge < -0.3 is 19.9 Å². The summed E-state index contributed by atoms with van der Waals surface area (Å²) in [6.45, 7) is 0. The van der Waals surface area contributed by atoms with Crippen LogP contribution in [-0.2, 0) is 4.57 Å². The molecule has 0 aliphatic heterocycles. The van der Waals surface area contributed by atoms with Crippen LogP contribution in [0.15, 0.2) is 16.5 Å². The molecule has 2 aromatic rings. The van der Waals surface area contributed by atoms with Gasteiger partial charge in [-0.25, -0.2) is 4.98 Å². The summed E-state index contributed by atoms with van der Waals surface area (Å²) in [6.07, 6.45) is 0. The van der Waals surface area contributed by atoms with Crippen molar-refractivity contribution in [1.29, 1.82) is 0 Å². The number of nitrogens with two attached hydrogens (primary N) is 1. The average Bonchev–Trinajstić information content (AvgIpc) is 2.70. The summed E-state index contributed by atoms with van der Waals surface area (Å²) in [5, 5.41) is 0.383. The molecule has 0 amide bonds. The number of furan rings is 1. The SMILES string of the molecule is Nc1nc(-c2ccc(P(=O)(O)O)o2)c(I)s1. The fourth-order valence-corrected chi connectivity index (χ4v) is 3.19. The van der Waals surface area contributed by atoms with Crippen LogP contribution in [0.5, 0.6) is 0 Å². The fourth-order valence-electron chi connectivity index (χ4n) is 1.08. The Kier molecular flexibility index (Phi) is 3.10.